The Bertz CT molecular complexity index is 1270. The molecule has 0 atom stereocenters. The first kappa shape index (κ1) is 22.0. The minimum atomic E-state index is -3.56. The van der Waals surface area contributed by atoms with Crippen LogP contribution in [0.15, 0.2) is 47.4 Å². The van der Waals surface area contributed by atoms with E-state index in [-0.39, 0.29) is 16.8 Å². The van der Waals surface area contributed by atoms with Crippen molar-refractivity contribution in [3.8, 4) is 5.75 Å². The van der Waals surface area contributed by atoms with E-state index in [0.29, 0.717) is 37.2 Å². The third-order valence-corrected chi connectivity index (χ3v) is 8.78. The molecule has 5 rings (SSSR count). The summed E-state index contributed by atoms with van der Waals surface area (Å²) < 4.78 is 32.6. The van der Waals surface area contributed by atoms with Crippen LogP contribution in [-0.4, -0.2) is 49.9 Å². The molecular weight excluding hydrogens is 438 g/mol. The fourth-order valence-electron chi connectivity index (χ4n) is 5.02. The minimum Gasteiger partial charge on any atom is -0.497 e. The first-order valence-electron chi connectivity index (χ1n) is 11.5. The number of H-pyrrole nitrogens is 1. The second kappa shape index (κ2) is 8.83. The lowest BCUT2D eigenvalue weighted by Crippen LogP contribution is -2.46. The maximum Gasteiger partial charge on any atom is 0.253 e. The van der Waals surface area contributed by atoms with Crippen molar-refractivity contribution in [3.05, 3.63) is 59.3 Å². The first-order valence-corrected chi connectivity index (χ1v) is 13.0. The van der Waals surface area contributed by atoms with Crippen molar-refractivity contribution in [2.75, 3.05) is 20.2 Å². The van der Waals surface area contributed by atoms with Crippen LogP contribution >= 0.6 is 0 Å². The first-order chi connectivity index (χ1) is 16.0. The van der Waals surface area contributed by atoms with Gasteiger partial charge in [-0.2, -0.15) is 4.31 Å². The molecule has 1 amide bonds. The van der Waals surface area contributed by atoms with E-state index >= 15 is 0 Å². The maximum absolute atomic E-state index is 13.1. The number of amides is 1. The van der Waals surface area contributed by atoms with E-state index in [2.05, 4.69) is 16.4 Å². The Morgan fingerprint density at radius 1 is 1.06 bits per heavy atom. The number of hydrogen-bond acceptors (Lipinski definition) is 4. The van der Waals surface area contributed by atoms with Crippen molar-refractivity contribution in [1.82, 2.24) is 14.6 Å². The van der Waals surface area contributed by atoms with Gasteiger partial charge in [0, 0.05) is 30.2 Å². The molecule has 0 saturated carbocycles. The number of aryl methyl sites for hydroxylation is 2. The number of carbonyl (C=O) groups excluding carboxylic acids is 1. The van der Waals surface area contributed by atoms with Crippen LogP contribution in [-0.2, 0) is 22.9 Å². The number of carbonyl (C=O) groups is 1. The highest BCUT2D eigenvalue weighted by molar-refractivity contribution is 7.89. The van der Waals surface area contributed by atoms with Crippen LogP contribution in [0.1, 0.15) is 47.3 Å². The Morgan fingerprint density at radius 3 is 2.52 bits per heavy atom. The Morgan fingerprint density at radius 2 is 1.79 bits per heavy atom. The van der Waals surface area contributed by atoms with E-state index in [4.69, 9.17) is 4.74 Å². The molecular formula is C25H29N3O4S. The summed E-state index contributed by atoms with van der Waals surface area (Å²) in [6, 6.07) is 12.3. The van der Waals surface area contributed by atoms with Gasteiger partial charge in [0.25, 0.3) is 5.91 Å². The molecule has 2 N–H and O–H groups in total. The van der Waals surface area contributed by atoms with Crippen molar-refractivity contribution >= 4 is 26.8 Å². The van der Waals surface area contributed by atoms with Gasteiger partial charge in [-0.05, 0) is 74.4 Å². The van der Waals surface area contributed by atoms with Crippen LogP contribution in [0.5, 0.6) is 5.75 Å². The van der Waals surface area contributed by atoms with Gasteiger partial charge in [-0.15, -0.1) is 0 Å². The lowest BCUT2D eigenvalue weighted by atomic mass is 9.95. The molecule has 0 spiro atoms. The number of para-hydroxylation sites is 1. The van der Waals surface area contributed by atoms with Gasteiger partial charge in [-0.25, -0.2) is 8.42 Å². The summed E-state index contributed by atoms with van der Waals surface area (Å²) >= 11 is 0. The van der Waals surface area contributed by atoms with Crippen molar-refractivity contribution in [2.24, 2.45) is 0 Å². The molecule has 1 aliphatic carbocycles. The molecule has 0 radical (unpaired) electrons. The Labute approximate surface area is 194 Å². The summed E-state index contributed by atoms with van der Waals surface area (Å²) in [5, 5.41) is 4.29. The lowest BCUT2D eigenvalue weighted by molar-refractivity contribution is 0.0925. The van der Waals surface area contributed by atoms with E-state index in [9.17, 15) is 13.2 Å². The third-order valence-electron chi connectivity index (χ3n) is 6.86. The number of methoxy groups -OCH3 is 1. The quantitative estimate of drug-likeness (QED) is 0.599. The molecule has 174 valence electrons. The smallest absolute Gasteiger partial charge is 0.253 e. The molecule has 2 aliphatic rings. The molecule has 0 bridgehead atoms. The largest absolute Gasteiger partial charge is 0.497 e. The molecule has 3 aromatic rings. The number of rotatable bonds is 5. The normalized spacial score (nSPS) is 17.6. The van der Waals surface area contributed by atoms with Gasteiger partial charge >= 0.3 is 0 Å². The highest BCUT2D eigenvalue weighted by atomic mass is 32.2. The predicted octanol–water partition coefficient (Wildman–Crippen LogP) is 3.64. The molecule has 0 unspecified atom stereocenters. The summed E-state index contributed by atoms with van der Waals surface area (Å²) in [5.41, 5.74) is 4.19. The maximum atomic E-state index is 13.1. The summed E-state index contributed by atoms with van der Waals surface area (Å²) in [4.78, 5) is 16.9. The van der Waals surface area contributed by atoms with Gasteiger partial charge in [-0.1, -0.05) is 12.1 Å². The fraction of sp³-hybridized carbons (Fsp3) is 0.400. The Kier molecular flexibility index (Phi) is 5.88. The van der Waals surface area contributed by atoms with Crippen molar-refractivity contribution < 1.29 is 17.9 Å². The molecule has 2 heterocycles. The van der Waals surface area contributed by atoms with E-state index in [1.54, 1.807) is 31.4 Å². The number of aromatic nitrogens is 1. The average Bonchev–Trinajstić information content (AvgIpc) is 3.23. The number of aromatic amines is 1. The number of ether oxygens (including phenoxy) is 1. The molecule has 1 aliphatic heterocycles. The molecule has 1 saturated heterocycles. The summed E-state index contributed by atoms with van der Waals surface area (Å²) in [6.07, 6.45) is 5.62. The van der Waals surface area contributed by atoms with Crippen LogP contribution in [0.25, 0.3) is 10.9 Å². The third kappa shape index (κ3) is 4.13. The fourth-order valence-corrected chi connectivity index (χ4v) is 6.49. The number of hydrogen-bond donors (Lipinski definition) is 2. The van der Waals surface area contributed by atoms with Crippen molar-refractivity contribution in [3.63, 3.8) is 0 Å². The average molecular weight is 468 g/mol. The van der Waals surface area contributed by atoms with Crippen LogP contribution in [0.4, 0.5) is 0 Å². The van der Waals surface area contributed by atoms with Crippen LogP contribution in [0.3, 0.4) is 0 Å². The number of benzene rings is 2. The predicted molar refractivity (Wildman–Crippen MR) is 127 cm³/mol. The zero-order chi connectivity index (χ0) is 23.0. The second-order valence-corrected chi connectivity index (χ2v) is 10.8. The summed E-state index contributed by atoms with van der Waals surface area (Å²) in [6.45, 7) is 0.751. The van der Waals surface area contributed by atoms with Gasteiger partial charge in [0.2, 0.25) is 10.0 Å². The monoisotopic (exact) mass is 467 g/mol. The van der Waals surface area contributed by atoms with Crippen LogP contribution < -0.4 is 10.1 Å². The highest BCUT2D eigenvalue weighted by Crippen LogP contribution is 2.31. The van der Waals surface area contributed by atoms with Gasteiger partial charge < -0.3 is 15.0 Å². The second-order valence-electron chi connectivity index (χ2n) is 8.84. The van der Waals surface area contributed by atoms with Crippen molar-refractivity contribution in [1.29, 1.82) is 0 Å². The highest BCUT2D eigenvalue weighted by Gasteiger charge is 2.30. The van der Waals surface area contributed by atoms with Crippen LogP contribution in [0, 0.1) is 0 Å². The number of nitrogens with one attached hydrogen (secondary N) is 2. The Balaban J connectivity index is 1.26. The van der Waals surface area contributed by atoms with E-state index in [1.807, 2.05) is 12.1 Å². The topological polar surface area (TPSA) is 91.5 Å². The van der Waals surface area contributed by atoms with E-state index in [1.165, 1.54) is 28.4 Å². The standard InChI is InChI=1S/C25H29N3O4S/c1-32-18-9-11-19(12-10-18)33(30,31)28-15-13-17(14-16-28)26-25(29)22-7-4-6-21-20-5-2-3-8-23(20)27-24(21)22/h4,6-7,9-12,17,27H,2-3,5,8,13-16H2,1H3,(H,26,29). The van der Waals surface area contributed by atoms with E-state index in [0.717, 1.165) is 23.7 Å². The van der Waals surface area contributed by atoms with Gasteiger partial charge in [-0.3, -0.25) is 4.79 Å². The van der Waals surface area contributed by atoms with Gasteiger partial charge in [0.1, 0.15) is 5.75 Å². The van der Waals surface area contributed by atoms with Gasteiger partial charge in [0.05, 0.1) is 23.1 Å². The molecule has 7 nitrogen and oxygen atoms in total. The zero-order valence-electron chi connectivity index (χ0n) is 18.8. The molecule has 33 heavy (non-hydrogen) atoms. The molecule has 1 fully saturated rings. The number of fused-ring (bicyclic) bond motifs is 3. The SMILES string of the molecule is COc1ccc(S(=O)(=O)N2CCC(NC(=O)c3cccc4c5c([nH]c34)CCCC5)CC2)cc1. The van der Waals surface area contributed by atoms with Crippen molar-refractivity contribution in [2.45, 2.75) is 49.5 Å². The molecule has 1 aromatic heterocycles. The summed E-state index contributed by atoms with van der Waals surface area (Å²) in [5.74, 6) is 0.518. The van der Waals surface area contributed by atoms with Gasteiger partial charge in [0.15, 0.2) is 0 Å². The molecule has 8 heteroatoms. The zero-order valence-corrected chi connectivity index (χ0v) is 19.6. The van der Waals surface area contributed by atoms with Crippen LogP contribution in [0.2, 0.25) is 0 Å². The number of sulfonamides is 1. The Hall–Kier alpha value is -2.84. The summed E-state index contributed by atoms with van der Waals surface area (Å²) in [7, 11) is -2.01. The lowest BCUT2D eigenvalue weighted by Gasteiger charge is -2.31. The number of nitrogens with zero attached hydrogens (tertiary/aromatic N) is 1. The molecule has 2 aromatic carbocycles. The number of piperidine rings is 1. The minimum absolute atomic E-state index is 0.0559. The van der Waals surface area contributed by atoms with E-state index < -0.39 is 10.0 Å².